The average Bonchev–Trinajstić information content (AvgIpc) is 3.10. The molecule has 1 fully saturated rings. The Morgan fingerprint density at radius 3 is 2.86 bits per heavy atom. The first-order valence-electron chi connectivity index (χ1n) is 7.27. The van der Waals surface area contributed by atoms with Crippen LogP contribution in [-0.2, 0) is 11.8 Å². The van der Waals surface area contributed by atoms with Crippen molar-refractivity contribution >= 4 is 24.1 Å². The van der Waals surface area contributed by atoms with E-state index in [0.29, 0.717) is 0 Å². The molecule has 0 radical (unpaired) electrons. The van der Waals surface area contributed by atoms with Crippen molar-refractivity contribution in [1.29, 1.82) is 0 Å². The van der Waals surface area contributed by atoms with Gasteiger partial charge in [-0.05, 0) is 25.5 Å². The lowest BCUT2D eigenvalue weighted by Gasteiger charge is -2.09. The van der Waals surface area contributed by atoms with Crippen LogP contribution in [0.3, 0.4) is 0 Å². The topological polar surface area (TPSA) is 59.0 Å². The van der Waals surface area contributed by atoms with Gasteiger partial charge in [0.1, 0.15) is 5.82 Å². The fourth-order valence-electron chi connectivity index (χ4n) is 2.68. The average molecular weight is 321 g/mol. The second kappa shape index (κ2) is 6.94. The zero-order valence-corrected chi connectivity index (χ0v) is 13.6. The van der Waals surface area contributed by atoms with Gasteiger partial charge in [-0.15, -0.1) is 12.4 Å². The number of hydrogen-bond donors (Lipinski definition) is 2. The van der Waals surface area contributed by atoms with Crippen molar-refractivity contribution in [2.45, 2.75) is 13.3 Å². The molecule has 118 valence electrons. The number of aromatic nitrogens is 2. The molecule has 3 rings (SSSR count). The minimum absolute atomic E-state index is 0. The number of nitrogens with zero attached hydrogens (tertiary/aromatic N) is 2. The zero-order valence-electron chi connectivity index (χ0n) is 12.8. The highest BCUT2D eigenvalue weighted by atomic mass is 35.5. The molecule has 0 bridgehead atoms. The Morgan fingerprint density at radius 1 is 1.41 bits per heavy atom. The molecule has 5 nitrogen and oxygen atoms in total. The third-order valence-electron chi connectivity index (χ3n) is 3.98. The van der Waals surface area contributed by atoms with Crippen LogP contribution in [0.1, 0.15) is 12.0 Å². The van der Waals surface area contributed by atoms with Crippen molar-refractivity contribution in [1.82, 2.24) is 15.1 Å². The number of carbonyl (C=O) groups excluding carboxylic acids is 1. The highest BCUT2D eigenvalue weighted by Crippen LogP contribution is 2.24. The van der Waals surface area contributed by atoms with E-state index in [9.17, 15) is 4.79 Å². The number of aryl methyl sites for hydroxylation is 2. The number of nitrogens with one attached hydrogen (secondary N) is 2. The fourth-order valence-corrected chi connectivity index (χ4v) is 2.68. The van der Waals surface area contributed by atoms with Crippen molar-refractivity contribution in [3.8, 4) is 11.3 Å². The summed E-state index contributed by atoms with van der Waals surface area (Å²) in [4.78, 5) is 12.2. The maximum absolute atomic E-state index is 12.2. The molecule has 1 aromatic carbocycles. The first-order valence-corrected chi connectivity index (χ1v) is 7.27. The summed E-state index contributed by atoms with van der Waals surface area (Å²) in [7, 11) is 1.85. The number of carbonyl (C=O) groups is 1. The van der Waals surface area contributed by atoms with Gasteiger partial charge in [0, 0.05) is 25.2 Å². The van der Waals surface area contributed by atoms with E-state index in [4.69, 9.17) is 0 Å². The van der Waals surface area contributed by atoms with Crippen LogP contribution in [0, 0.1) is 12.8 Å². The lowest BCUT2D eigenvalue weighted by atomic mass is 10.1. The molecule has 2 aromatic rings. The molecule has 2 N–H and O–H groups in total. The van der Waals surface area contributed by atoms with E-state index in [1.807, 2.05) is 31.3 Å². The molecule has 6 heteroatoms. The summed E-state index contributed by atoms with van der Waals surface area (Å²) in [6.07, 6.45) is 0.897. The summed E-state index contributed by atoms with van der Waals surface area (Å²) in [5, 5.41) is 10.7. The number of hydrogen-bond acceptors (Lipinski definition) is 3. The summed E-state index contributed by atoms with van der Waals surface area (Å²) >= 11 is 0. The Labute approximate surface area is 136 Å². The number of anilines is 1. The number of rotatable bonds is 3. The van der Waals surface area contributed by atoms with Crippen LogP contribution < -0.4 is 10.6 Å². The Hall–Kier alpha value is -1.85. The molecule has 0 saturated carbocycles. The minimum atomic E-state index is 0. The van der Waals surface area contributed by atoms with E-state index in [1.165, 1.54) is 5.56 Å². The molecule has 1 aliphatic heterocycles. The summed E-state index contributed by atoms with van der Waals surface area (Å²) in [5.74, 6) is 0.867. The SMILES string of the molecule is Cc1ccccc1-c1cc(NC(=O)C2CCNC2)n(C)n1.Cl. The molecule has 22 heavy (non-hydrogen) atoms. The summed E-state index contributed by atoms with van der Waals surface area (Å²) in [6, 6.07) is 10.1. The van der Waals surface area contributed by atoms with E-state index in [0.717, 1.165) is 36.6 Å². The van der Waals surface area contributed by atoms with E-state index in [-0.39, 0.29) is 24.2 Å². The van der Waals surface area contributed by atoms with E-state index in [2.05, 4.69) is 28.7 Å². The molecule has 1 atom stereocenters. The normalized spacial score (nSPS) is 17.1. The standard InChI is InChI=1S/C16H20N4O.ClH/c1-11-5-3-4-6-13(11)14-9-15(20(2)19-14)18-16(21)12-7-8-17-10-12;/h3-6,9,12,17H,7-8,10H2,1-2H3,(H,18,21);1H. The van der Waals surface area contributed by atoms with Crippen molar-refractivity contribution < 1.29 is 4.79 Å². The molecular weight excluding hydrogens is 300 g/mol. The molecular formula is C16H21ClN4O. The van der Waals surface area contributed by atoms with Gasteiger partial charge in [-0.3, -0.25) is 9.48 Å². The first kappa shape index (κ1) is 16.5. The van der Waals surface area contributed by atoms with Gasteiger partial charge in [-0.1, -0.05) is 24.3 Å². The molecule has 1 amide bonds. The minimum Gasteiger partial charge on any atom is -0.316 e. The maximum Gasteiger partial charge on any atom is 0.229 e. The van der Waals surface area contributed by atoms with Gasteiger partial charge >= 0.3 is 0 Å². The third kappa shape index (κ3) is 3.31. The van der Waals surface area contributed by atoms with Crippen LogP contribution in [0.15, 0.2) is 30.3 Å². The molecule has 1 saturated heterocycles. The van der Waals surface area contributed by atoms with E-state index in [1.54, 1.807) is 4.68 Å². The smallest absolute Gasteiger partial charge is 0.229 e. The van der Waals surface area contributed by atoms with Gasteiger partial charge in [0.25, 0.3) is 0 Å². The highest BCUT2D eigenvalue weighted by molar-refractivity contribution is 5.92. The summed E-state index contributed by atoms with van der Waals surface area (Å²) < 4.78 is 1.72. The van der Waals surface area contributed by atoms with E-state index >= 15 is 0 Å². The molecule has 1 unspecified atom stereocenters. The van der Waals surface area contributed by atoms with Crippen LogP contribution in [0.25, 0.3) is 11.3 Å². The van der Waals surface area contributed by atoms with Crippen molar-refractivity contribution in [2.24, 2.45) is 13.0 Å². The van der Waals surface area contributed by atoms with Gasteiger partial charge in [0.15, 0.2) is 0 Å². The van der Waals surface area contributed by atoms with Crippen LogP contribution in [-0.4, -0.2) is 28.8 Å². The Kier molecular flexibility index (Phi) is 5.21. The predicted molar refractivity (Wildman–Crippen MR) is 90.2 cm³/mol. The Bertz CT molecular complexity index is 662. The van der Waals surface area contributed by atoms with Crippen LogP contribution in [0.2, 0.25) is 0 Å². The molecule has 1 aliphatic rings. The lowest BCUT2D eigenvalue weighted by Crippen LogP contribution is -2.25. The zero-order chi connectivity index (χ0) is 14.8. The molecule has 2 heterocycles. The monoisotopic (exact) mass is 320 g/mol. The Morgan fingerprint density at radius 2 is 2.18 bits per heavy atom. The van der Waals surface area contributed by atoms with Gasteiger partial charge in [0.05, 0.1) is 11.6 Å². The van der Waals surface area contributed by atoms with Gasteiger partial charge in [-0.25, -0.2) is 0 Å². The predicted octanol–water partition coefficient (Wildman–Crippen LogP) is 2.37. The third-order valence-corrected chi connectivity index (χ3v) is 3.98. The van der Waals surface area contributed by atoms with E-state index < -0.39 is 0 Å². The van der Waals surface area contributed by atoms with Gasteiger partial charge in [0.2, 0.25) is 5.91 Å². The van der Waals surface area contributed by atoms with Crippen LogP contribution >= 0.6 is 12.4 Å². The van der Waals surface area contributed by atoms with Crippen LogP contribution in [0.5, 0.6) is 0 Å². The number of halogens is 1. The second-order valence-electron chi connectivity index (χ2n) is 5.53. The lowest BCUT2D eigenvalue weighted by molar-refractivity contribution is -0.119. The second-order valence-corrected chi connectivity index (χ2v) is 5.53. The van der Waals surface area contributed by atoms with Crippen molar-refractivity contribution in [3.05, 3.63) is 35.9 Å². The molecule has 1 aromatic heterocycles. The van der Waals surface area contributed by atoms with Crippen LogP contribution in [0.4, 0.5) is 5.82 Å². The number of amides is 1. The quantitative estimate of drug-likeness (QED) is 0.912. The van der Waals surface area contributed by atoms with Crippen molar-refractivity contribution in [3.63, 3.8) is 0 Å². The highest BCUT2D eigenvalue weighted by Gasteiger charge is 2.23. The van der Waals surface area contributed by atoms with Gasteiger partial charge in [-0.2, -0.15) is 5.10 Å². The first-order chi connectivity index (χ1) is 10.1. The van der Waals surface area contributed by atoms with Crippen molar-refractivity contribution in [2.75, 3.05) is 18.4 Å². The largest absolute Gasteiger partial charge is 0.316 e. The molecule has 0 aliphatic carbocycles. The summed E-state index contributed by atoms with van der Waals surface area (Å²) in [6.45, 7) is 3.73. The number of benzene rings is 1. The van der Waals surface area contributed by atoms with Gasteiger partial charge < -0.3 is 10.6 Å². The summed E-state index contributed by atoms with van der Waals surface area (Å²) in [5.41, 5.74) is 3.15. The maximum atomic E-state index is 12.2. The Balaban J connectivity index is 0.00000176. The fraction of sp³-hybridized carbons (Fsp3) is 0.375. The molecule has 0 spiro atoms.